The number of aromatic nitrogens is 3. The van der Waals surface area contributed by atoms with Gasteiger partial charge in [-0.2, -0.15) is 4.31 Å². The van der Waals surface area contributed by atoms with Gasteiger partial charge in [-0.15, -0.1) is 16.8 Å². The highest BCUT2D eigenvalue weighted by Crippen LogP contribution is 2.22. The Bertz CT molecular complexity index is 903. The Labute approximate surface area is 162 Å². The van der Waals surface area contributed by atoms with E-state index in [0.29, 0.717) is 30.5 Å². The fraction of sp³-hybridized carbons (Fsp3) is 0.353. The van der Waals surface area contributed by atoms with E-state index in [1.54, 1.807) is 29.1 Å². The summed E-state index contributed by atoms with van der Waals surface area (Å²) >= 11 is 1.27. The van der Waals surface area contributed by atoms with Gasteiger partial charge in [-0.1, -0.05) is 17.8 Å². The predicted molar refractivity (Wildman–Crippen MR) is 104 cm³/mol. The summed E-state index contributed by atoms with van der Waals surface area (Å²) in [6, 6.07) is 6.26. The minimum Gasteiger partial charge on any atom is -0.325 e. The van der Waals surface area contributed by atoms with Gasteiger partial charge in [-0.05, 0) is 37.1 Å². The Balaban J connectivity index is 1.57. The maximum absolute atomic E-state index is 12.5. The van der Waals surface area contributed by atoms with Gasteiger partial charge in [-0.3, -0.25) is 4.79 Å². The Kier molecular flexibility index (Phi) is 6.30. The van der Waals surface area contributed by atoms with Crippen LogP contribution in [-0.2, 0) is 21.4 Å². The van der Waals surface area contributed by atoms with E-state index in [1.807, 2.05) is 0 Å². The second kappa shape index (κ2) is 8.68. The van der Waals surface area contributed by atoms with Gasteiger partial charge in [-0.25, -0.2) is 8.42 Å². The standard InChI is InChI=1S/C17H21N5O3S2/c1-2-9-21-13-18-20-17(21)26-12-16(23)19-14-5-7-15(8-6-14)27(24,25)22-10-3-4-11-22/h2,5-8,13H,1,3-4,9-12H2,(H,19,23). The van der Waals surface area contributed by atoms with Crippen molar-refractivity contribution >= 4 is 33.4 Å². The van der Waals surface area contributed by atoms with Gasteiger partial charge in [0.15, 0.2) is 5.16 Å². The third-order valence-corrected chi connectivity index (χ3v) is 6.97. The average Bonchev–Trinajstić information content (AvgIpc) is 3.33. The maximum Gasteiger partial charge on any atom is 0.243 e. The zero-order chi connectivity index (χ0) is 19.3. The van der Waals surface area contributed by atoms with Crippen molar-refractivity contribution in [1.29, 1.82) is 0 Å². The van der Waals surface area contributed by atoms with Crippen molar-refractivity contribution in [3.8, 4) is 0 Å². The molecule has 1 aromatic carbocycles. The lowest BCUT2D eigenvalue weighted by Crippen LogP contribution is -2.27. The summed E-state index contributed by atoms with van der Waals surface area (Å²) in [5, 5.41) is 11.2. The van der Waals surface area contributed by atoms with E-state index < -0.39 is 10.0 Å². The summed E-state index contributed by atoms with van der Waals surface area (Å²) < 4.78 is 28.3. The van der Waals surface area contributed by atoms with E-state index in [9.17, 15) is 13.2 Å². The van der Waals surface area contributed by atoms with Crippen molar-refractivity contribution in [2.75, 3.05) is 24.2 Å². The lowest BCUT2D eigenvalue weighted by molar-refractivity contribution is -0.113. The second-order valence-corrected chi connectivity index (χ2v) is 8.91. The molecular weight excluding hydrogens is 386 g/mol. The number of nitrogens with one attached hydrogen (secondary N) is 1. The molecule has 3 rings (SSSR count). The molecule has 0 aliphatic carbocycles. The number of allylic oxidation sites excluding steroid dienone is 1. The third-order valence-electron chi connectivity index (χ3n) is 4.08. The molecule has 1 aromatic heterocycles. The number of amides is 1. The molecule has 1 saturated heterocycles. The topological polar surface area (TPSA) is 97.2 Å². The predicted octanol–water partition coefficient (Wildman–Crippen LogP) is 1.98. The molecule has 1 amide bonds. The highest BCUT2D eigenvalue weighted by atomic mass is 32.2. The average molecular weight is 408 g/mol. The second-order valence-electron chi connectivity index (χ2n) is 6.03. The van der Waals surface area contributed by atoms with Crippen LogP contribution >= 0.6 is 11.8 Å². The first kappa shape index (κ1) is 19.6. The molecule has 0 spiro atoms. The van der Waals surface area contributed by atoms with Crippen LogP contribution in [0.2, 0.25) is 0 Å². The molecular formula is C17H21N5O3S2. The summed E-state index contributed by atoms with van der Waals surface area (Å²) in [4.78, 5) is 12.4. The molecule has 1 aliphatic heterocycles. The molecule has 0 radical (unpaired) electrons. The van der Waals surface area contributed by atoms with Crippen LogP contribution in [0.5, 0.6) is 0 Å². The van der Waals surface area contributed by atoms with E-state index in [-0.39, 0.29) is 16.6 Å². The Hall–Kier alpha value is -2.17. The van der Waals surface area contributed by atoms with Crippen molar-refractivity contribution in [2.24, 2.45) is 0 Å². The lowest BCUT2D eigenvalue weighted by atomic mass is 10.3. The minimum absolute atomic E-state index is 0.170. The minimum atomic E-state index is -3.44. The highest BCUT2D eigenvalue weighted by molar-refractivity contribution is 7.99. The van der Waals surface area contributed by atoms with Gasteiger partial charge in [0, 0.05) is 25.3 Å². The molecule has 10 heteroatoms. The maximum atomic E-state index is 12.5. The number of anilines is 1. The third kappa shape index (κ3) is 4.76. The molecule has 0 saturated carbocycles. The van der Waals surface area contributed by atoms with Gasteiger partial charge in [0.05, 0.1) is 10.6 Å². The smallest absolute Gasteiger partial charge is 0.243 e. The zero-order valence-corrected chi connectivity index (χ0v) is 16.4. The van der Waals surface area contributed by atoms with E-state index in [4.69, 9.17) is 0 Å². The van der Waals surface area contributed by atoms with Gasteiger partial charge in [0.1, 0.15) is 6.33 Å². The van der Waals surface area contributed by atoms with Crippen LogP contribution in [0.4, 0.5) is 5.69 Å². The quantitative estimate of drug-likeness (QED) is 0.531. The van der Waals surface area contributed by atoms with Crippen LogP contribution in [0.15, 0.2) is 53.3 Å². The van der Waals surface area contributed by atoms with E-state index in [0.717, 1.165) is 12.8 Å². The Morgan fingerprint density at radius 2 is 1.96 bits per heavy atom. The largest absolute Gasteiger partial charge is 0.325 e. The molecule has 27 heavy (non-hydrogen) atoms. The fourth-order valence-electron chi connectivity index (χ4n) is 2.74. The van der Waals surface area contributed by atoms with Gasteiger partial charge < -0.3 is 9.88 Å². The van der Waals surface area contributed by atoms with Crippen molar-refractivity contribution < 1.29 is 13.2 Å². The molecule has 1 fully saturated rings. The summed E-state index contributed by atoms with van der Waals surface area (Å²) in [7, 11) is -3.44. The van der Waals surface area contributed by atoms with Gasteiger partial charge >= 0.3 is 0 Å². The molecule has 8 nitrogen and oxygen atoms in total. The first-order valence-electron chi connectivity index (χ1n) is 8.52. The molecule has 0 unspecified atom stereocenters. The van der Waals surface area contributed by atoms with Crippen molar-refractivity contribution in [1.82, 2.24) is 19.1 Å². The molecule has 2 heterocycles. The molecule has 2 aromatic rings. The summed E-state index contributed by atoms with van der Waals surface area (Å²) in [5.74, 6) is -0.0350. The number of rotatable bonds is 8. The van der Waals surface area contributed by atoms with Crippen LogP contribution in [0.3, 0.4) is 0 Å². The van der Waals surface area contributed by atoms with Crippen LogP contribution < -0.4 is 5.32 Å². The summed E-state index contributed by atoms with van der Waals surface area (Å²) in [6.45, 7) is 5.37. The molecule has 1 aliphatic rings. The van der Waals surface area contributed by atoms with Crippen LogP contribution in [0.25, 0.3) is 0 Å². The van der Waals surface area contributed by atoms with E-state index in [1.165, 1.54) is 28.2 Å². The van der Waals surface area contributed by atoms with Crippen LogP contribution in [-0.4, -0.2) is 52.2 Å². The fourth-order valence-corrected chi connectivity index (χ4v) is 4.98. The van der Waals surface area contributed by atoms with Crippen LogP contribution in [0, 0.1) is 0 Å². The number of hydrogen-bond acceptors (Lipinski definition) is 6. The SMILES string of the molecule is C=CCn1cnnc1SCC(=O)Nc1ccc(S(=O)(=O)N2CCCC2)cc1. The normalized spacial score (nSPS) is 15.0. The number of carbonyl (C=O) groups excluding carboxylic acids is 1. The first-order chi connectivity index (χ1) is 13.0. The summed E-state index contributed by atoms with van der Waals surface area (Å²) in [6.07, 6.45) is 5.10. The van der Waals surface area contributed by atoms with E-state index >= 15 is 0 Å². The monoisotopic (exact) mass is 407 g/mol. The Morgan fingerprint density at radius 3 is 2.63 bits per heavy atom. The van der Waals surface area contributed by atoms with Crippen molar-refractivity contribution in [3.05, 3.63) is 43.2 Å². The molecule has 144 valence electrons. The number of sulfonamides is 1. The van der Waals surface area contributed by atoms with E-state index in [2.05, 4.69) is 22.1 Å². The first-order valence-corrected chi connectivity index (χ1v) is 10.9. The zero-order valence-electron chi connectivity index (χ0n) is 14.7. The van der Waals surface area contributed by atoms with Gasteiger partial charge in [0.2, 0.25) is 15.9 Å². The highest BCUT2D eigenvalue weighted by Gasteiger charge is 2.26. The number of benzene rings is 1. The number of nitrogens with zero attached hydrogens (tertiary/aromatic N) is 4. The number of thioether (sulfide) groups is 1. The summed E-state index contributed by atoms with van der Waals surface area (Å²) in [5.41, 5.74) is 0.550. The Morgan fingerprint density at radius 1 is 1.26 bits per heavy atom. The number of carbonyl (C=O) groups is 1. The number of hydrogen-bond donors (Lipinski definition) is 1. The van der Waals surface area contributed by atoms with Crippen LogP contribution in [0.1, 0.15) is 12.8 Å². The van der Waals surface area contributed by atoms with Gasteiger partial charge in [0.25, 0.3) is 0 Å². The lowest BCUT2D eigenvalue weighted by Gasteiger charge is -2.15. The van der Waals surface area contributed by atoms with Crippen molar-refractivity contribution in [2.45, 2.75) is 29.4 Å². The molecule has 0 atom stereocenters. The molecule has 0 bridgehead atoms. The van der Waals surface area contributed by atoms with Crippen molar-refractivity contribution in [3.63, 3.8) is 0 Å². The molecule has 1 N–H and O–H groups in total.